The van der Waals surface area contributed by atoms with E-state index in [1.165, 1.54) is 0 Å². The molecule has 5 nitrogen and oxygen atoms in total. The molecular weight excluding hydrogens is 350 g/mol. The molecule has 4 rings (SSSR count). The number of ether oxygens (including phenoxy) is 1. The Morgan fingerprint density at radius 2 is 1.61 bits per heavy atom. The molecule has 138 valence electrons. The lowest BCUT2D eigenvalue weighted by Crippen LogP contribution is -2.25. The number of carbonyl (C=O) groups excluding carboxylic acids is 1. The second kappa shape index (κ2) is 7.88. The predicted octanol–water partition coefficient (Wildman–Crippen LogP) is 4.24. The highest BCUT2D eigenvalue weighted by molar-refractivity contribution is 5.97. The van der Waals surface area contributed by atoms with Crippen LogP contribution in [0.15, 0.2) is 78.9 Å². The van der Waals surface area contributed by atoms with Gasteiger partial charge in [-0.3, -0.25) is 4.79 Å². The molecule has 0 saturated carbocycles. The fraction of sp³-hybridized carbons (Fsp3) is 0.0870. The second-order valence-electron chi connectivity index (χ2n) is 6.31. The van der Waals surface area contributed by atoms with E-state index in [1.54, 1.807) is 7.11 Å². The average Bonchev–Trinajstić information content (AvgIpc) is 2.77. The van der Waals surface area contributed by atoms with Crippen molar-refractivity contribution in [3.05, 3.63) is 90.3 Å². The number of hydrogen-bond acceptors (Lipinski definition) is 4. The minimum absolute atomic E-state index is 0.153. The van der Waals surface area contributed by atoms with Gasteiger partial charge in [0.2, 0.25) is 5.82 Å². The van der Waals surface area contributed by atoms with Crippen LogP contribution >= 0.6 is 0 Å². The number of benzene rings is 3. The Hall–Kier alpha value is -3.73. The van der Waals surface area contributed by atoms with Crippen molar-refractivity contribution < 1.29 is 9.53 Å². The van der Waals surface area contributed by atoms with Crippen molar-refractivity contribution in [2.24, 2.45) is 0 Å². The molecule has 0 saturated heterocycles. The van der Waals surface area contributed by atoms with Crippen LogP contribution in [0.1, 0.15) is 16.2 Å². The molecule has 0 aliphatic carbocycles. The number of fused-ring (bicyclic) bond motifs is 1. The number of rotatable bonds is 5. The number of nitrogens with one attached hydrogen (secondary N) is 1. The van der Waals surface area contributed by atoms with Gasteiger partial charge in [-0.25, -0.2) is 9.97 Å². The van der Waals surface area contributed by atoms with Gasteiger partial charge in [-0.15, -0.1) is 0 Å². The maximum atomic E-state index is 12.7. The molecule has 1 N–H and O–H groups in total. The number of aromatic nitrogens is 2. The second-order valence-corrected chi connectivity index (χ2v) is 6.31. The first-order chi connectivity index (χ1) is 13.7. The first-order valence-electron chi connectivity index (χ1n) is 8.98. The van der Waals surface area contributed by atoms with Crippen LogP contribution in [-0.2, 0) is 6.54 Å². The van der Waals surface area contributed by atoms with E-state index < -0.39 is 0 Å². The summed E-state index contributed by atoms with van der Waals surface area (Å²) in [6.07, 6.45) is 0. The van der Waals surface area contributed by atoms with Crippen LogP contribution < -0.4 is 10.1 Å². The molecule has 0 unspecified atom stereocenters. The van der Waals surface area contributed by atoms with Crippen molar-refractivity contribution in [3.8, 4) is 17.0 Å². The van der Waals surface area contributed by atoms with Crippen LogP contribution in [0.25, 0.3) is 22.2 Å². The summed E-state index contributed by atoms with van der Waals surface area (Å²) in [5, 5.41) is 3.79. The van der Waals surface area contributed by atoms with Crippen molar-refractivity contribution in [3.63, 3.8) is 0 Å². The lowest BCUT2D eigenvalue weighted by molar-refractivity contribution is 0.0941. The lowest BCUT2D eigenvalue weighted by Gasteiger charge is -2.10. The van der Waals surface area contributed by atoms with E-state index in [-0.39, 0.29) is 11.7 Å². The van der Waals surface area contributed by atoms with E-state index in [2.05, 4.69) is 15.3 Å². The number of amides is 1. The van der Waals surface area contributed by atoms with Gasteiger partial charge in [-0.2, -0.15) is 0 Å². The van der Waals surface area contributed by atoms with Crippen molar-refractivity contribution in [2.45, 2.75) is 6.54 Å². The molecule has 0 bridgehead atoms. The normalized spacial score (nSPS) is 10.6. The lowest BCUT2D eigenvalue weighted by atomic mass is 10.1. The van der Waals surface area contributed by atoms with Crippen LogP contribution in [0, 0.1) is 0 Å². The number of hydrogen-bond donors (Lipinski definition) is 1. The highest BCUT2D eigenvalue weighted by Gasteiger charge is 2.15. The van der Waals surface area contributed by atoms with Gasteiger partial charge in [0.25, 0.3) is 5.91 Å². The molecule has 0 fully saturated rings. The summed E-state index contributed by atoms with van der Waals surface area (Å²) in [4.78, 5) is 21.7. The summed E-state index contributed by atoms with van der Waals surface area (Å²) in [5.74, 6) is 0.618. The van der Waals surface area contributed by atoms with Crippen LogP contribution in [0.2, 0.25) is 0 Å². The van der Waals surface area contributed by atoms with Gasteiger partial charge in [0.1, 0.15) is 5.75 Å². The summed E-state index contributed by atoms with van der Waals surface area (Å²) in [6, 6.07) is 25.0. The summed E-state index contributed by atoms with van der Waals surface area (Å²) < 4.78 is 5.23. The molecule has 5 heteroatoms. The molecule has 1 heterocycles. The van der Waals surface area contributed by atoms with E-state index in [9.17, 15) is 4.79 Å². The third-order valence-corrected chi connectivity index (χ3v) is 4.47. The predicted molar refractivity (Wildman–Crippen MR) is 109 cm³/mol. The smallest absolute Gasteiger partial charge is 0.289 e. The van der Waals surface area contributed by atoms with Gasteiger partial charge in [0.05, 0.1) is 18.3 Å². The highest BCUT2D eigenvalue weighted by Crippen LogP contribution is 2.27. The zero-order chi connectivity index (χ0) is 19.3. The SMILES string of the molecule is COc1ccc(-c2nc(C(=O)NCc3ccccc3)nc3ccccc23)cc1. The molecule has 0 radical (unpaired) electrons. The van der Waals surface area contributed by atoms with Gasteiger partial charge in [0, 0.05) is 17.5 Å². The van der Waals surface area contributed by atoms with Crippen LogP contribution in [-0.4, -0.2) is 23.0 Å². The summed E-state index contributed by atoms with van der Waals surface area (Å²) in [7, 11) is 1.63. The number of methoxy groups -OCH3 is 1. The van der Waals surface area contributed by atoms with Gasteiger partial charge >= 0.3 is 0 Å². The summed E-state index contributed by atoms with van der Waals surface area (Å²) in [6.45, 7) is 0.424. The third kappa shape index (κ3) is 3.69. The molecule has 0 atom stereocenters. The highest BCUT2D eigenvalue weighted by atomic mass is 16.5. The van der Waals surface area contributed by atoms with Gasteiger partial charge < -0.3 is 10.1 Å². The molecule has 0 spiro atoms. The Labute approximate surface area is 163 Å². The maximum Gasteiger partial charge on any atom is 0.289 e. The summed E-state index contributed by atoms with van der Waals surface area (Å²) >= 11 is 0. The number of nitrogens with zero attached hydrogens (tertiary/aromatic N) is 2. The van der Waals surface area contributed by atoms with Crippen molar-refractivity contribution in [1.29, 1.82) is 0 Å². The van der Waals surface area contributed by atoms with Crippen molar-refractivity contribution >= 4 is 16.8 Å². The summed E-state index contributed by atoms with van der Waals surface area (Å²) in [5.41, 5.74) is 3.37. The quantitative estimate of drug-likeness (QED) is 0.572. The molecular formula is C23H19N3O2. The van der Waals surface area contributed by atoms with Crippen molar-refractivity contribution in [2.75, 3.05) is 7.11 Å². The number of carbonyl (C=O) groups is 1. The molecule has 0 aliphatic rings. The van der Waals surface area contributed by atoms with Crippen LogP contribution in [0.4, 0.5) is 0 Å². The standard InChI is InChI=1S/C23H19N3O2/c1-28-18-13-11-17(12-14-18)21-19-9-5-6-10-20(19)25-22(26-21)23(27)24-15-16-7-3-2-4-8-16/h2-14H,15H2,1H3,(H,24,27). The van der Waals surface area contributed by atoms with E-state index >= 15 is 0 Å². The molecule has 0 aliphatic heterocycles. The zero-order valence-electron chi connectivity index (χ0n) is 15.4. The molecule has 4 aromatic rings. The maximum absolute atomic E-state index is 12.7. The van der Waals surface area contributed by atoms with E-state index in [0.29, 0.717) is 6.54 Å². The molecule has 28 heavy (non-hydrogen) atoms. The Morgan fingerprint density at radius 3 is 2.36 bits per heavy atom. The Bertz CT molecular complexity index is 1110. The van der Waals surface area contributed by atoms with Crippen molar-refractivity contribution in [1.82, 2.24) is 15.3 Å². The minimum atomic E-state index is -0.302. The van der Waals surface area contributed by atoms with Gasteiger partial charge in [0.15, 0.2) is 0 Å². The first-order valence-corrected chi connectivity index (χ1v) is 8.98. The monoisotopic (exact) mass is 369 g/mol. The van der Waals surface area contributed by atoms with E-state index in [0.717, 1.165) is 33.5 Å². The largest absolute Gasteiger partial charge is 0.497 e. The van der Waals surface area contributed by atoms with Crippen LogP contribution in [0.5, 0.6) is 5.75 Å². The van der Waals surface area contributed by atoms with Gasteiger partial charge in [-0.1, -0.05) is 48.5 Å². The Morgan fingerprint density at radius 1 is 0.893 bits per heavy atom. The first kappa shape index (κ1) is 17.7. The Balaban J connectivity index is 1.70. The van der Waals surface area contributed by atoms with E-state index in [1.807, 2.05) is 78.9 Å². The third-order valence-electron chi connectivity index (χ3n) is 4.47. The molecule has 1 amide bonds. The Kier molecular flexibility index (Phi) is 4.97. The number of para-hydroxylation sites is 1. The topological polar surface area (TPSA) is 64.1 Å². The minimum Gasteiger partial charge on any atom is -0.497 e. The molecule has 3 aromatic carbocycles. The van der Waals surface area contributed by atoms with Gasteiger partial charge in [-0.05, 0) is 35.9 Å². The van der Waals surface area contributed by atoms with Crippen LogP contribution in [0.3, 0.4) is 0 Å². The fourth-order valence-corrected chi connectivity index (χ4v) is 3.00. The van der Waals surface area contributed by atoms with E-state index in [4.69, 9.17) is 4.74 Å². The molecule has 1 aromatic heterocycles. The average molecular weight is 369 g/mol. The zero-order valence-corrected chi connectivity index (χ0v) is 15.4. The fourth-order valence-electron chi connectivity index (χ4n) is 3.00.